The number of methoxy groups -OCH3 is 1. The third-order valence-corrected chi connectivity index (χ3v) is 1.78. The fraction of sp³-hybridized carbons (Fsp3) is 1.00. The van der Waals surface area contributed by atoms with Crippen molar-refractivity contribution in [1.82, 2.24) is 0 Å². The molecule has 0 aromatic rings. The van der Waals surface area contributed by atoms with Crippen LogP contribution in [0.4, 0.5) is 0 Å². The van der Waals surface area contributed by atoms with E-state index in [1.807, 2.05) is 0 Å². The van der Waals surface area contributed by atoms with Gasteiger partial charge in [-0.05, 0) is 0 Å². The number of aliphatic hydroxyl groups excluding tert-OH is 2. The SMILES string of the molecule is COC1OCC(O)C(N)C1O. The molecule has 4 unspecified atom stereocenters. The summed E-state index contributed by atoms with van der Waals surface area (Å²) in [5.74, 6) is 0. The second kappa shape index (κ2) is 3.46. The highest BCUT2D eigenvalue weighted by Crippen LogP contribution is 2.13. The van der Waals surface area contributed by atoms with E-state index in [1.165, 1.54) is 7.11 Å². The second-order valence-electron chi connectivity index (χ2n) is 2.57. The van der Waals surface area contributed by atoms with Crippen molar-refractivity contribution in [3.63, 3.8) is 0 Å². The fourth-order valence-electron chi connectivity index (χ4n) is 1.02. The quantitative estimate of drug-likeness (QED) is 0.418. The van der Waals surface area contributed by atoms with Crippen LogP contribution < -0.4 is 5.73 Å². The van der Waals surface area contributed by atoms with Gasteiger partial charge < -0.3 is 25.4 Å². The maximum absolute atomic E-state index is 9.27. The zero-order valence-electron chi connectivity index (χ0n) is 6.30. The molecule has 1 saturated heterocycles. The summed E-state index contributed by atoms with van der Waals surface area (Å²) in [5.41, 5.74) is 5.43. The summed E-state index contributed by atoms with van der Waals surface area (Å²) in [4.78, 5) is 0. The standard InChI is InChI=1S/C6H13NO4/c1-10-6-5(9)4(7)3(8)2-11-6/h3-6,8-9H,2,7H2,1H3. The maximum atomic E-state index is 9.27. The predicted molar refractivity (Wildman–Crippen MR) is 36.7 cm³/mol. The lowest BCUT2D eigenvalue weighted by Crippen LogP contribution is -2.57. The Bertz CT molecular complexity index is 130. The molecule has 0 radical (unpaired) electrons. The molecule has 0 amide bonds. The summed E-state index contributed by atoms with van der Waals surface area (Å²) in [5, 5.41) is 18.4. The highest BCUT2D eigenvalue weighted by molar-refractivity contribution is 4.85. The molecule has 66 valence electrons. The van der Waals surface area contributed by atoms with Gasteiger partial charge in [0.15, 0.2) is 6.29 Å². The highest BCUT2D eigenvalue weighted by atomic mass is 16.7. The lowest BCUT2D eigenvalue weighted by molar-refractivity contribution is -0.231. The normalized spacial score (nSPS) is 45.8. The smallest absolute Gasteiger partial charge is 0.184 e. The molecule has 0 aliphatic carbocycles. The first-order valence-electron chi connectivity index (χ1n) is 3.43. The van der Waals surface area contributed by atoms with E-state index < -0.39 is 24.5 Å². The van der Waals surface area contributed by atoms with Crippen LogP contribution >= 0.6 is 0 Å². The lowest BCUT2D eigenvalue weighted by atomic mass is 10.0. The van der Waals surface area contributed by atoms with E-state index in [-0.39, 0.29) is 6.61 Å². The molecule has 0 bridgehead atoms. The Labute approximate surface area is 64.7 Å². The molecule has 0 spiro atoms. The summed E-state index contributed by atoms with van der Waals surface area (Å²) in [6.45, 7) is 0.108. The van der Waals surface area contributed by atoms with Gasteiger partial charge in [0.25, 0.3) is 0 Å². The van der Waals surface area contributed by atoms with Gasteiger partial charge in [0.2, 0.25) is 0 Å². The van der Waals surface area contributed by atoms with Crippen molar-refractivity contribution in [1.29, 1.82) is 0 Å². The van der Waals surface area contributed by atoms with Gasteiger partial charge in [0.1, 0.15) is 6.10 Å². The second-order valence-corrected chi connectivity index (χ2v) is 2.57. The Morgan fingerprint density at radius 3 is 2.73 bits per heavy atom. The molecule has 0 aromatic heterocycles. The predicted octanol–water partition coefficient (Wildman–Crippen LogP) is -1.96. The molecule has 4 atom stereocenters. The van der Waals surface area contributed by atoms with E-state index in [0.29, 0.717) is 0 Å². The van der Waals surface area contributed by atoms with E-state index in [1.54, 1.807) is 0 Å². The van der Waals surface area contributed by atoms with Gasteiger partial charge in [0.05, 0.1) is 18.8 Å². The van der Waals surface area contributed by atoms with E-state index in [0.717, 1.165) is 0 Å². The van der Waals surface area contributed by atoms with Crippen LogP contribution in [-0.4, -0.2) is 48.5 Å². The molecule has 1 heterocycles. The van der Waals surface area contributed by atoms with Gasteiger partial charge in [-0.2, -0.15) is 0 Å². The van der Waals surface area contributed by atoms with Crippen molar-refractivity contribution in [2.24, 2.45) is 5.73 Å². The molecule has 1 rings (SSSR count). The molecule has 1 fully saturated rings. The van der Waals surface area contributed by atoms with Crippen LogP contribution in [0.3, 0.4) is 0 Å². The first-order valence-corrected chi connectivity index (χ1v) is 3.43. The molecule has 1 aliphatic rings. The van der Waals surface area contributed by atoms with Crippen LogP contribution in [0.5, 0.6) is 0 Å². The molecule has 11 heavy (non-hydrogen) atoms. The monoisotopic (exact) mass is 163 g/mol. The van der Waals surface area contributed by atoms with Crippen molar-refractivity contribution >= 4 is 0 Å². The summed E-state index contributed by atoms with van der Waals surface area (Å²) in [6.07, 6.45) is -2.48. The van der Waals surface area contributed by atoms with Gasteiger partial charge in [-0.25, -0.2) is 0 Å². The Kier molecular flexibility index (Phi) is 2.80. The van der Waals surface area contributed by atoms with Crippen molar-refractivity contribution < 1.29 is 19.7 Å². The first kappa shape index (κ1) is 8.89. The molecular formula is C6H13NO4. The van der Waals surface area contributed by atoms with Crippen molar-refractivity contribution in [2.45, 2.75) is 24.5 Å². The molecule has 0 saturated carbocycles. The van der Waals surface area contributed by atoms with Gasteiger partial charge in [-0.3, -0.25) is 0 Å². The van der Waals surface area contributed by atoms with E-state index >= 15 is 0 Å². The topological polar surface area (TPSA) is 84.9 Å². The number of hydrogen-bond acceptors (Lipinski definition) is 5. The number of nitrogens with two attached hydrogens (primary N) is 1. The summed E-state index contributed by atoms with van der Waals surface area (Å²) >= 11 is 0. The van der Waals surface area contributed by atoms with Crippen LogP contribution in [0.2, 0.25) is 0 Å². The molecule has 5 nitrogen and oxygen atoms in total. The average Bonchev–Trinajstić information content (AvgIpc) is 2.01. The van der Waals surface area contributed by atoms with Crippen molar-refractivity contribution in [2.75, 3.05) is 13.7 Å². The first-order chi connectivity index (χ1) is 5.16. The Balaban J connectivity index is 2.52. The number of hydrogen-bond donors (Lipinski definition) is 3. The zero-order valence-corrected chi connectivity index (χ0v) is 6.30. The Morgan fingerprint density at radius 2 is 2.18 bits per heavy atom. The molecule has 0 aromatic carbocycles. The number of rotatable bonds is 1. The molecule has 5 heteroatoms. The van der Waals surface area contributed by atoms with E-state index in [2.05, 4.69) is 0 Å². The van der Waals surface area contributed by atoms with Crippen LogP contribution in [-0.2, 0) is 9.47 Å². The van der Waals surface area contributed by atoms with E-state index in [9.17, 15) is 5.11 Å². The van der Waals surface area contributed by atoms with Crippen molar-refractivity contribution in [3.8, 4) is 0 Å². The van der Waals surface area contributed by atoms with Gasteiger partial charge in [-0.15, -0.1) is 0 Å². The Hall–Kier alpha value is -0.200. The van der Waals surface area contributed by atoms with Gasteiger partial charge >= 0.3 is 0 Å². The zero-order chi connectivity index (χ0) is 8.43. The third kappa shape index (κ3) is 1.69. The molecular weight excluding hydrogens is 150 g/mol. The average molecular weight is 163 g/mol. The molecule has 4 N–H and O–H groups in total. The summed E-state index contributed by atoms with van der Waals surface area (Å²) in [6, 6.07) is -0.686. The van der Waals surface area contributed by atoms with Crippen molar-refractivity contribution in [3.05, 3.63) is 0 Å². The number of aliphatic hydroxyl groups is 2. The van der Waals surface area contributed by atoms with Gasteiger partial charge in [-0.1, -0.05) is 0 Å². The largest absolute Gasteiger partial charge is 0.389 e. The minimum Gasteiger partial charge on any atom is -0.389 e. The minimum atomic E-state index is -0.955. The Morgan fingerprint density at radius 1 is 1.55 bits per heavy atom. The van der Waals surface area contributed by atoms with Crippen LogP contribution in [0.15, 0.2) is 0 Å². The van der Waals surface area contributed by atoms with Gasteiger partial charge in [0, 0.05) is 7.11 Å². The summed E-state index contributed by atoms with van der Waals surface area (Å²) in [7, 11) is 1.41. The lowest BCUT2D eigenvalue weighted by Gasteiger charge is -2.34. The minimum absolute atomic E-state index is 0.108. The highest BCUT2D eigenvalue weighted by Gasteiger charge is 2.36. The summed E-state index contributed by atoms with van der Waals surface area (Å²) < 4.78 is 9.68. The number of ether oxygens (including phenoxy) is 2. The third-order valence-electron chi connectivity index (χ3n) is 1.78. The molecule has 1 aliphatic heterocycles. The fourth-order valence-corrected chi connectivity index (χ4v) is 1.02. The maximum Gasteiger partial charge on any atom is 0.184 e. The van der Waals surface area contributed by atoms with Crippen LogP contribution in [0.25, 0.3) is 0 Å². The van der Waals surface area contributed by atoms with Crippen LogP contribution in [0.1, 0.15) is 0 Å². The van der Waals surface area contributed by atoms with E-state index in [4.69, 9.17) is 20.3 Å². The van der Waals surface area contributed by atoms with Crippen LogP contribution in [0, 0.1) is 0 Å².